The van der Waals surface area contributed by atoms with Gasteiger partial charge in [-0.1, -0.05) is 11.6 Å². The zero-order valence-corrected chi connectivity index (χ0v) is 18.3. The standard InChI is InChI=1S/C23H21ClFN7/c1-29-9-16-6-17(24)2-4-20(16)32-21(10-29)27-28-22(32)31-13-23(14-31)11-30(12-23)19-5-3-18(25)7-15(19)8-26/h2-7H,9-14H2,1H3. The fraction of sp³-hybridized carbons (Fsp3) is 0.348. The first-order chi connectivity index (χ1) is 15.4. The molecule has 32 heavy (non-hydrogen) atoms. The molecular weight excluding hydrogens is 429 g/mol. The monoisotopic (exact) mass is 449 g/mol. The van der Waals surface area contributed by atoms with Crippen LogP contribution in [-0.4, -0.2) is 52.9 Å². The van der Waals surface area contributed by atoms with Crippen LogP contribution in [0.3, 0.4) is 0 Å². The van der Waals surface area contributed by atoms with Gasteiger partial charge in [-0.25, -0.2) is 4.39 Å². The van der Waals surface area contributed by atoms with Gasteiger partial charge in [0, 0.05) is 43.2 Å². The lowest BCUT2D eigenvalue weighted by Gasteiger charge is -2.61. The van der Waals surface area contributed by atoms with E-state index in [1.807, 2.05) is 18.2 Å². The molecule has 3 aliphatic rings. The number of rotatable bonds is 2. The minimum atomic E-state index is -0.380. The van der Waals surface area contributed by atoms with Crippen molar-refractivity contribution in [1.82, 2.24) is 19.7 Å². The molecule has 3 aliphatic heterocycles. The smallest absolute Gasteiger partial charge is 0.231 e. The van der Waals surface area contributed by atoms with Crippen LogP contribution in [0, 0.1) is 22.6 Å². The van der Waals surface area contributed by atoms with Crippen LogP contribution >= 0.6 is 11.6 Å². The molecule has 0 radical (unpaired) electrons. The summed E-state index contributed by atoms with van der Waals surface area (Å²) in [7, 11) is 2.07. The molecule has 6 rings (SSSR count). The highest BCUT2D eigenvalue weighted by Gasteiger charge is 2.53. The van der Waals surface area contributed by atoms with Crippen molar-refractivity contribution in [3.8, 4) is 11.8 Å². The summed E-state index contributed by atoms with van der Waals surface area (Å²) in [6, 6.07) is 12.5. The van der Waals surface area contributed by atoms with Gasteiger partial charge in [0.25, 0.3) is 0 Å². The average Bonchev–Trinajstić information content (AvgIpc) is 3.03. The minimum Gasteiger partial charge on any atom is -0.369 e. The number of benzene rings is 2. The Labute approximate surface area is 190 Å². The quantitative estimate of drug-likeness (QED) is 0.598. The van der Waals surface area contributed by atoms with Gasteiger partial charge in [-0.2, -0.15) is 5.26 Å². The van der Waals surface area contributed by atoms with Crippen LogP contribution < -0.4 is 9.80 Å². The largest absolute Gasteiger partial charge is 0.369 e. The van der Waals surface area contributed by atoms with Crippen LogP contribution in [-0.2, 0) is 13.1 Å². The van der Waals surface area contributed by atoms with E-state index in [4.69, 9.17) is 11.6 Å². The SMILES string of the molecule is CN1Cc2cc(Cl)ccc2-n2c(nnc2N2CC3(CN(c4ccc(F)cc4C#N)C3)C2)C1. The predicted octanol–water partition coefficient (Wildman–Crippen LogP) is 3.20. The Hall–Kier alpha value is -3.15. The number of anilines is 2. The van der Waals surface area contributed by atoms with E-state index in [2.05, 4.69) is 42.6 Å². The lowest BCUT2D eigenvalue weighted by atomic mass is 9.72. The van der Waals surface area contributed by atoms with Gasteiger partial charge in [-0.15, -0.1) is 10.2 Å². The zero-order valence-electron chi connectivity index (χ0n) is 17.6. The third kappa shape index (κ3) is 2.96. The van der Waals surface area contributed by atoms with Gasteiger partial charge < -0.3 is 9.80 Å². The maximum absolute atomic E-state index is 13.5. The second kappa shape index (κ2) is 6.92. The lowest BCUT2D eigenvalue weighted by Crippen LogP contribution is -2.73. The Morgan fingerprint density at radius 2 is 1.75 bits per heavy atom. The molecule has 9 heteroatoms. The number of nitrogens with zero attached hydrogens (tertiary/aromatic N) is 7. The predicted molar refractivity (Wildman–Crippen MR) is 120 cm³/mol. The van der Waals surface area contributed by atoms with Crippen molar-refractivity contribution in [1.29, 1.82) is 5.26 Å². The van der Waals surface area contributed by atoms with Crippen LogP contribution in [0.5, 0.6) is 0 Å². The number of halogens is 2. The number of fused-ring (bicyclic) bond motifs is 3. The number of hydrogen-bond acceptors (Lipinski definition) is 6. The van der Waals surface area contributed by atoms with E-state index in [9.17, 15) is 9.65 Å². The maximum atomic E-state index is 13.5. The first-order valence-corrected chi connectivity index (χ1v) is 10.9. The van der Waals surface area contributed by atoms with Gasteiger partial charge >= 0.3 is 0 Å². The Morgan fingerprint density at radius 3 is 2.53 bits per heavy atom. The highest BCUT2D eigenvalue weighted by atomic mass is 35.5. The molecule has 2 saturated heterocycles. The Balaban J connectivity index is 1.23. The average molecular weight is 450 g/mol. The summed E-state index contributed by atoms with van der Waals surface area (Å²) in [6.45, 7) is 4.97. The number of aromatic nitrogens is 3. The van der Waals surface area contributed by atoms with Crippen molar-refractivity contribution in [2.24, 2.45) is 5.41 Å². The Kier molecular flexibility index (Phi) is 4.23. The molecule has 2 fully saturated rings. The molecule has 162 valence electrons. The zero-order chi connectivity index (χ0) is 22.0. The molecule has 3 aromatic rings. The summed E-state index contributed by atoms with van der Waals surface area (Å²) in [6.07, 6.45) is 0. The van der Waals surface area contributed by atoms with Gasteiger partial charge in [0.15, 0.2) is 5.82 Å². The third-order valence-corrected chi connectivity index (χ3v) is 6.89. The molecule has 0 saturated carbocycles. The molecule has 4 heterocycles. The maximum Gasteiger partial charge on any atom is 0.231 e. The molecule has 7 nitrogen and oxygen atoms in total. The van der Waals surface area contributed by atoms with Crippen molar-refractivity contribution in [2.45, 2.75) is 13.1 Å². The van der Waals surface area contributed by atoms with Crippen LogP contribution in [0.15, 0.2) is 36.4 Å². The first-order valence-electron chi connectivity index (χ1n) is 10.6. The summed E-state index contributed by atoms with van der Waals surface area (Å²) in [5.74, 6) is 1.40. The van der Waals surface area contributed by atoms with E-state index in [0.717, 1.165) is 66.5 Å². The van der Waals surface area contributed by atoms with E-state index in [1.165, 1.54) is 12.1 Å². The number of hydrogen-bond donors (Lipinski definition) is 0. The topological polar surface area (TPSA) is 64.2 Å². The summed E-state index contributed by atoms with van der Waals surface area (Å²) < 4.78 is 15.6. The normalized spacial score (nSPS) is 18.9. The van der Waals surface area contributed by atoms with E-state index in [1.54, 1.807) is 6.07 Å². The van der Waals surface area contributed by atoms with Crippen LogP contribution in [0.2, 0.25) is 5.02 Å². The molecule has 0 atom stereocenters. The highest BCUT2D eigenvalue weighted by Crippen LogP contribution is 2.45. The molecule has 0 aliphatic carbocycles. The molecule has 0 amide bonds. The molecule has 1 aromatic heterocycles. The van der Waals surface area contributed by atoms with Gasteiger partial charge in [-0.3, -0.25) is 9.47 Å². The van der Waals surface area contributed by atoms with Gasteiger partial charge in [-0.05, 0) is 49.0 Å². The fourth-order valence-electron chi connectivity index (χ4n) is 5.26. The van der Waals surface area contributed by atoms with Crippen molar-refractivity contribution < 1.29 is 4.39 Å². The van der Waals surface area contributed by atoms with Crippen molar-refractivity contribution in [2.75, 3.05) is 43.0 Å². The van der Waals surface area contributed by atoms with E-state index < -0.39 is 0 Å². The van der Waals surface area contributed by atoms with E-state index >= 15 is 0 Å². The third-order valence-electron chi connectivity index (χ3n) is 6.65. The molecule has 0 bridgehead atoms. The molecule has 0 unspecified atom stereocenters. The second-order valence-electron chi connectivity index (χ2n) is 9.18. The summed E-state index contributed by atoms with van der Waals surface area (Å²) in [5, 5.41) is 19.1. The van der Waals surface area contributed by atoms with Crippen LogP contribution in [0.4, 0.5) is 16.0 Å². The summed E-state index contributed by atoms with van der Waals surface area (Å²) in [5.41, 5.74) is 3.60. The number of nitriles is 1. The highest BCUT2D eigenvalue weighted by molar-refractivity contribution is 6.30. The Bertz CT molecular complexity index is 1270. The first kappa shape index (κ1) is 19.5. The van der Waals surface area contributed by atoms with E-state index in [0.29, 0.717) is 12.1 Å². The van der Waals surface area contributed by atoms with Crippen molar-refractivity contribution in [3.05, 3.63) is 64.2 Å². The second-order valence-corrected chi connectivity index (χ2v) is 9.62. The van der Waals surface area contributed by atoms with Crippen LogP contribution in [0.25, 0.3) is 5.69 Å². The summed E-state index contributed by atoms with van der Waals surface area (Å²) in [4.78, 5) is 6.64. The minimum absolute atomic E-state index is 0.165. The molecule has 0 N–H and O–H groups in total. The van der Waals surface area contributed by atoms with Gasteiger partial charge in [0.2, 0.25) is 5.95 Å². The molecular formula is C23H21ClFN7. The molecule has 1 spiro atoms. The summed E-state index contributed by atoms with van der Waals surface area (Å²) >= 11 is 6.26. The van der Waals surface area contributed by atoms with Gasteiger partial charge in [0.05, 0.1) is 23.5 Å². The lowest BCUT2D eigenvalue weighted by molar-refractivity contribution is 0.154. The Morgan fingerprint density at radius 1 is 1.00 bits per heavy atom. The van der Waals surface area contributed by atoms with E-state index in [-0.39, 0.29) is 11.2 Å². The fourth-order valence-corrected chi connectivity index (χ4v) is 5.45. The molecule has 2 aromatic carbocycles. The van der Waals surface area contributed by atoms with Crippen LogP contribution in [0.1, 0.15) is 17.0 Å². The van der Waals surface area contributed by atoms with Gasteiger partial charge in [0.1, 0.15) is 11.9 Å². The van der Waals surface area contributed by atoms with Crippen molar-refractivity contribution in [3.63, 3.8) is 0 Å². The van der Waals surface area contributed by atoms with Crippen molar-refractivity contribution >= 4 is 23.2 Å².